The predicted molar refractivity (Wildman–Crippen MR) is 288 cm³/mol. The molecule has 2 unspecified atom stereocenters. The molecule has 0 aromatic carbocycles. The van der Waals surface area contributed by atoms with Crippen LogP contribution in [0.15, 0.2) is 15.9 Å². The Kier molecular flexibility index (Phi) is 36.3. The van der Waals surface area contributed by atoms with E-state index >= 15 is 0 Å². The number of rotatable bonds is 30. The van der Waals surface area contributed by atoms with Gasteiger partial charge in [0.1, 0.15) is 9.75 Å². The number of hydrogen-bond acceptors (Lipinski definition) is 6. The van der Waals surface area contributed by atoms with E-state index in [1.54, 1.807) is 32.7 Å². The fourth-order valence-corrected chi connectivity index (χ4v) is 29.6. The van der Waals surface area contributed by atoms with E-state index in [-0.39, 0.29) is 23.6 Å². The van der Waals surface area contributed by atoms with E-state index in [2.05, 4.69) is 85.2 Å². The van der Waals surface area contributed by atoms with Crippen LogP contribution in [-0.2, 0) is 0 Å². The van der Waals surface area contributed by atoms with Crippen LogP contribution >= 0.6 is 38.6 Å². The standard InChI is InChI=1S/C15H21NO2S.C14H18BrNO2S.6C4H9.2Sn/c1-4-6-7-11(5-2)9-16-14(17)12-8-10(3)19-13(12)15(16)18;1-3-5-6-9(4-2)8-16-13(17)10-7-11(15)19-12(10)14(16)18;6*1-3-4-2;;/h8,11H,4-7,9H2,1-3H3;7,9H,3-6,8H2,1-2H3;6*1,3-4H2,2H3;;. The van der Waals surface area contributed by atoms with E-state index in [0.717, 1.165) is 60.0 Å². The van der Waals surface area contributed by atoms with Gasteiger partial charge in [-0.15, -0.1) is 22.7 Å². The fraction of sp³-hybridized carbons (Fsp3) is 0.774. The van der Waals surface area contributed by atoms with Crippen LogP contribution in [0.3, 0.4) is 0 Å². The number of thiophene rings is 2. The Balaban J connectivity index is 0.000000435. The summed E-state index contributed by atoms with van der Waals surface area (Å²) in [4.78, 5) is 54.1. The molecule has 4 heterocycles. The maximum absolute atomic E-state index is 12.3. The number of amides is 4. The summed E-state index contributed by atoms with van der Waals surface area (Å²) in [7, 11) is 0. The number of imide groups is 2. The molecule has 6 nitrogen and oxygen atoms in total. The Labute approximate surface area is 424 Å². The van der Waals surface area contributed by atoms with E-state index in [9.17, 15) is 19.2 Å². The van der Waals surface area contributed by atoms with Crippen LogP contribution in [0.4, 0.5) is 0 Å². The van der Waals surface area contributed by atoms with Gasteiger partial charge in [-0.05, 0) is 59.7 Å². The quantitative estimate of drug-likeness (QED) is 0.0577. The third-order valence-corrected chi connectivity index (χ3v) is 33.5. The summed E-state index contributed by atoms with van der Waals surface area (Å²) in [5, 5.41) is 0. The van der Waals surface area contributed by atoms with Gasteiger partial charge in [-0.1, -0.05) is 66.2 Å². The van der Waals surface area contributed by atoms with Crippen LogP contribution in [0.2, 0.25) is 26.6 Å². The van der Waals surface area contributed by atoms with Crippen molar-refractivity contribution >= 4 is 102 Å². The Bertz CT molecular complexity index is 1360. The molecule has 0 saturated heterocycles. The first kappa shape index (κ1) is 61.8. The molecular formula is C53H93BrN2O4S2Sn2. The fourth-order valence-electron chi connectivity index (χ4n) is 8.22. The van der Waals surface area contributed by atoms with Crippen molar-refractivity contribution in [2.24, 2.45) is 11.8 Å². The maximum atomic E-state index is 12.3. The molecule has 64 heavy (non-hydrogen) atoms. The number of carbonyl (C=O) groups excluding carboxylic acids is 4. The first-order chi connectivity index (χ1) is 30.8. The molecular weight excluding hydrogens is 1110 g/mol. The zero-order valence-electron chi connectivity index (χ0n) is 42.8. The van der Waals surface area contributed by atoms with Crippen molar-refractivity contribution < 1.29 is 19.2 Å². The van der Waals surface area contributed by atoms with Gasteiger partial charge in [-0.2, -0.15) is 0 Å². The third kappa shape index (κ3) is 22.9. The molecule has 0 aliphatic carbocycles. The predicted octanol–water partition coefficient (Wildman–Crippen LogP) is 18.0. The van der Waals surface area contributed by atoms with Crippen molar-refractivity contribution in [1.82, 2.24) is 9.80 Å². The normalized spacial score (nSPS) is 14.0. The molecule has 2 aromatic rings. The minimum atomic E-state index is -0.839. The van der Waals surface area contributed by atoms with Crippen LogP contribution in [0.25, 0.3) is 0 Å². The molecule has 2 aromatic heterocycles. The Morgan fingerprint density at radius 2 is 0.781 bits per heavy atom. The number of hydrogen-bond donors (Lipinski definition) is 0. The number of unbranched alkanes of at least 4 members (excludes halogenated alkanes) is 8. The molecule has 11 heteroatoms. The molecule has 0 spiro atoms. The SMILES string of the molecule is CCCCC(CC)CN1C(=O)c2cc(Br)sc2C1=O.CCCCC(CC)CN1C(=O)c2cc(C)sc2C1=O.CCC[CH2][Sn]([CH2]CCC)[CH2]CCC.CCC[CH2][Sn]([CH2]CCC)[CH2]CCC. The second-order valence-corrected chi connectivity index (χ2v) is 39.1. The molecule has 0 saturated carbocycles. The summed E-state index contributed by atoms with van der Waals surface area (Å²) in [6, 6.07) is 3.60. The summed E-state index contributed by atoms with van der Waals surface area (Å²) < 4.78 is 10.9. The number of halogens is 1. The van der Waals surface area contributed by atoms with Crippen LogP contribution < -0.4 is 0 Å². The van der Waals surface area contributed by atoms with E-state index in [0.29, 0.717) is 45.8 Å². The third-order valence-electron chi connectivity index (χ3n) is 12.7. The Morgan fingerprint density at radius 1 is 0.469 bits per heavy atom. The zero-order chi connectivity index (χ0) is 47.9. The summed E-state index contributed by atoms with van der Waals surface area (Å²) in [5.74, 6) is 0.420. The number of aryl methyl sites for hydroxylation is 1. The molecule has 2 aliphatic heterocycles. The topological polar surface area (TPSA) is 74.8 Å². The van der Waals surface area contributed by atoms with E-state index in [1.807, 2.05) is 13.0 Å². The van der Waals surface area contributed by atoms with Gasteiger partial charge in [-0.3, -0.25) is 29.0 Å². The van der Waals surface area contributed by atoms with Crippen LogP contribution in [0.5, 0.6) is 0 Å². The van der Waals surface area contributed by atoms with Gasteiger partial charge in [0.25, 0.3) is 23.6 Å². The molecule has 2 radical (unpaired) electrons. The van der Waals surface area contributed by atoms with E-state index < -0.39 is 39.5 Å². The van der Waals surface area contributed by atoms with Crippen LogP contribution in [0, 0.1) is 18.8 Å². The number of carbonyl (C=O) groups is 4. The second-order valence-electron chi connectivity index (χ2n) is 18.3. The van der Waals surface area contributed by atoms with Gasteiger partial charge in [0.15, 0.2) is 0 Å². The van der Waals surface area contributed by atoms with Crippen molar-refractivity contribution in [1.29, 1.82) is 0 Å². The first-order valence-corrected chi connectivity index (χ1v) is 40.7. The average Bonchev–Trinajstić information content (AvgIpc) is 4.00. The summed E-state index contributed by atoms with van der Waals surface area (Å²) in [6.45, 7) is 25.7. The van der Waals surface area contributed by atoms with Gasteiger partial charge >= 0.3 is 185 Å². The first-order valence-electron chi connectivity index (χ1n) is 26.1. The zero-order valence-corrected chi connectivity index (χ0v) is 51.8. The van der Waals surface area contributed by atoms with Gasteiger partial charge in [0.05, 0.1) is 14.9 Å². The van der Waals surface area contributed by atoms with Gasteiger partial charge in [-0.25, -0.2) is 0 Å². The number of nitrogens with zero attached hydrogens (tertiary/aromatic N) is 2. The second kappa shape index (κ2) is 37.6. The molecule has 2 aliphatic rings. The summed E-state index contributed by atoms with van der Waals surface area (Å²) in [6.07, 6.45) is 26.5. The van der Waals surface area contributed by atoms with Crippen LogP contribution in [0.1, 0.15) is 243 Å². The van der Waals surface area contributed by atoms with Gasteiger partial charge in [0, 0.05) is 18.0 Å². The van der Waals surface area contributed by atoms with Crippen molar-refractivity contribution in [3.8, 4) is 0 Å². The molecule has 366 valence electrons. The van der Waals surface area contributed by atoms with E-state index in [4.69, 9.17) is 0 Å². The molecule has 4 amide bonds. The van der Waals surface area contributed by atoms with Crippen molar-refractivity contribution in [2.45, 2.75) is 231 Å². The summed E-state index contributed by atoms with van der Waals surface area (Å²) >= 11 is 4.43. The Hall–Kier alpha value is -0.243. The molecule has 0 N–H and O–H groups in total. The molecule has 0 bridgehead atoms. The van der Waals surface area contributed by atoms with Gasteiger partial charge < -0.3 is 0 Å². The van der Waals surface area contributed by atoms with Crippen molar-refractivity contribution in [3.05, 3.63) is 41.7 Å². The van der Waals surface area contributed by atoms with Crippen molar-refractivity contribution in [2.75, 3.05) is 13.1 Å². The van der Waals surface area contributed by atoms with E-state index in [1.165, 1.54) is 110 Å². The summed E-state index contributed by atoms with van der Waals surface area (Å²) in [5.41, 5.74) is 1.17. The monoisotopic (exact) mass is 1200 g/mol. The Morgan fingerprint density at radius 3 is 1.06 bits per heavy atom. The van der Waals surface area contributed by atoms with Gasteiger partial charge in [0.2, 0.25) is 0 Å². The van der Waals surface area contributed by atoms with Crippen LogP contribution in [-0.4, -0.2) is 86.0 Å². The van der Waals surface area contributed by atoms with Crippen molar-refractivity contribution in [3.63, 3.8) is 0 Å². The molecule has 0 fully saturated rings. The molecule has 4 rings (SSSR count). The minimum absolute atomic E-state index is 0.0898. The molecule has 2 atom stereocenters. The number of fused-ring (bicyclic) bond motifs is 2. The average molecular weight is 1200 g/mol.